The van der Waals surface area contributed by atoms with E-state index >= 15 is 0 Å². The van der Waals surface area contributed by atoms with E-state index in [4.69, 9.17) is 4.74 Å². The van der Waals surface area contributed by atoms with Crippen LogP contribution in [0.1, 0.15) is 12.8 Å². The van der Waals surface area contributed by atoms with E-state index in [-0.39, 0.29) is 28.3 Å². The van der Waals surface area contributed by atoms with Crippen LogP contribution < -0.4 is 5.32 Å². The van der Waals surface area contributed by atoms with Crippen molar-refractivity contribution in [2.24, 2.45) is 0 Å². The molecule has 1 N–H and O–H groups in total. The number of nitrogens with zero attached hydrogens (tertiary/aromatic N) is 1. The molecule has 1 amide bonds. The second kappa shape index (κ2) is 7.28. The lowest BCUT2D eigenvalue weighted by Crippen LogP contribution is -2.34. The fourth-order valence-corrected chi connectivity index (χ4v) is 3.01. The summed E-state index contributed by atoms with van der Waals surface area (Å²) in [6.45, 7) is 1.12. The smallest absolute Gasteiger partial charge is 0.270 e. The first-order valence-corrected chi connectivity index (χ1v) is 7.89. The molecule has 0 aromatic heterocycles. The number of amides is 1. The number of nitro groups is 1. The Morgan fingerprint density at radius 1 is 1.52 bits per heavy atom. The molecule has 0 bridgehead atoms. The molecule has 2 atom stereocenters. The van der Waals surface area contributed by atoms with Crippen LogP contribution in [0.4, 0.5) is 5.69 Å². The van der Waals surface area contributed by atoms with Crippen LogP contribution in [-0.2, 0) is 20.3 Å². The summed E-state index contributed by atoms with van der Waals surface area (Å²) in [4.78, 5) is 22.1. The molecule has 1 saturated heterocycles. The maximum absolute atomic E-state index is 12.0. The Kier molecular flexibility index (Phi) is 5.40. The Morgan fingerprint density at radius 3 is 3.00 bits per heavy atom. The van der Waals surface area contributed by atoms with Crippen molar-refractivity contribution in [2.45, 2.75) is 23.8 Å². The monoisotopic (exact) mass is 312 g/mol. The summed E-state index contributed by atoms with van der Waals surface area (Å²) < 4.78 is 17.4. The second-order valence-corrected chi connectivity index (χ2v) is 6.13. The molecule has 0 radical (unpaired) electrons. The van der Waals surface area contributed by atoms with Gasteiger partial charge >= 0.3 is 0 Å². The Bertz CT molecular complexity index is 557. The lowest BCUT2D eigenvalue weighted by molar-refractivity contribution is -0.385. The summed E-state index contributed by atoms with van der Waals surface area (Å²) >= 11 is 0. The van der Waals surface area contributed by atoms with E-state index in [1.54, 1.807) is 0 Å². The normalized spacial score (nSPS) is 19.1. The minimum atomic E-state index is -1.60. The molecular formula is C13H16N2O5S. The molecule has 0 aliphatic carbocycles. The minimum Gasteiger partial charge on any atom is -0.376 e. The summed E-state index contributed by atoms with van der Waals surface area (Å²) in [6.07, 6.45) is 1.93. The molecule has 7 nitrogen and oxygen atoms in total. The molecule has 0 spiro atoms. The maximum atomic E-state index is 12.0. The largest absolute Gasteiger partial charge is 0.376 e. The summed E-state index contributed by atoms with van der Waals surface area (Å²) in [5.41, 5.74) is -0.138. The molecule has 2 rings (SSSR count). The first-order valence-electron chi connectivity index (χ1n) is 6.57. The number of ether oxygens (including phenoxy) is 1. The zero-order valence-corrected chi connectivity index (χ0v) is 12.1. The maximum Gasteiger partial charge on any atom is 0.270 e. The van der Waals surface area contributed by atoms with E-state index in [1.165, 1.54) is 24.3 Å². The molecule has 1 aromatic rings. The van der Waals surface area contributed by atoms with Crippen LogP contribution in [-0.4, -0.2) is 40.0 Å². The SMILES string of the molecule is O=C(CS(=O)c1cccc([N+](=O)[O-])c1)NCC1CCCO1. The molecule has 1 aliphatic rings. The van der Waals surface area contributed by atoms with Crippen molar-refractivity contribution in [2.75, 3.05) is 18.9 Å². The molecule has 1 aliphatic heterocycles. The van der Waals surface area contributed by atoms with Gasteiger partial charge in [0.2, 0.25) is 5.91 Å². The van der Waals surface area contributed by atoms with Crippen LogP contribution in [0.3, 0.4) is 0 Å². The summed E-state index contributed by atoms with van der Waals surface area (Å²) in [6, 6.07) is 5.51. The van der Waals surface area contributed by atoms with Gasteiger partial charge in [-0.05, 0) is 18.9 Å². The van der Waals surface area contributed by atoms with Gasteiger partial charge in [-0.25, -0.2) is 0 Å². The van der Waals surface area contributed by atoms with Gasteiger partial charge in [0.05, 0.1) is 21.8 Å². The lowest BCUT2D eigenvalue weighted by Gasteiger charge is -2.10. The third kappa shape index (κ3) is 4.61. The van der Waals surface area contributed by atoms with Crippen LogP contribution in [0.2, 0.25) is 0 Å². The number of nitro benzene ring substituents is 1. The number of hydrogen-bond donors (Lipinski definition) is 1. The first kappa shape index (κ1) is 15.6. The zero-order valence-electron chi connectivity index (χ0n) is 11.3. The van der Waals surface area contributed by atoms with E-state index < -0.39 is 15.7 Å². The third-order valence-electron chi connectivity index (χ3n) is 3.10. The predicted molar refractivity (Wildman–Crippen MR) is 76.4 cm³/mol. The molecule has 1 fully saturated rings. The highest BCUT2D eigenvalue weighted by Crippen LogP contribution is 2.16. The van der Waals surface area contributed by atoms with Gasteiger partial charge in [-0.3, -0.25) is 19.1 Å². The summed E-state index contributed by atoms with van der Waals surface area (Å²) in [7, 11) is -1.60. The quantitative estimate of drug-likeness (QED) is 0.624. The van der Waals surface area contributed by atoms with E-state index in [2.05, 4.69) is 5.32 Å². The van der Waals surface area contributed by atoms with Gasteiger partial charge in [-0.1, -0.05) is 6.07 Å². The second-order valence-electron chi connectivity index (χ2n) is 4.68. The average molecular weight is 312 g/mol. The molecule has 114 valence electrons. The van der Waals surface area contributed by atoms with Crippen molar-refractivity contribution in [1.29, 1.82) is 0 Å². The standard InChI is InChI=1S/C13H16N2O5S/c16-13(14-8-11-4-2-6-20-11)9-21(19)12-5-1-3-10(7-12)15(17)18/h1,3,5,7,11H,2,4,6,8-9H2,(H,14,16). The van der Waals surface area contributed by atoms with Gasteiger partial charge < -0.3 is 10.1 Å². The highest BCUT2D eigenvalue weighted by Gasteiger charge is 2.18. The van der Waals surface area contributed by atoms with Gasteiger partial charge in [0.1, 0.15) is 5.75 Å². The van der Waals surface area contributed by atoms with Crippen molar-refractivity contribution in [3.8, 4) is 0 Å². The van der Waals surface area contributed by atoms with Crippen molar-refractivity contribution in [1.82, 2.24) is 5.32 Å². The van der Waals surface area contributed by atoms with Gasteiger partial charge in [0.15, 0.2) is 0 Å². The van der Waals surface area contributed by atoms with Gasteiger partial charge in [0, 0.05) is 30.2 Å². The third-order valence-corrected chi connectivity index (χ3v) is 4.41. The van der Waals surface area contributed by atoms with Crippen LogP contribution in [0.5, 0.6) is 0 Å². The Labute approximate surface area is 124 Å². The molecule has 1 heterocycles. The lowest BCUT2D eigenvalue weighted by atomic mass is 10.2. The Morgan fingerprint density at radius 2 is 2.33 bits per heavy atom. The number of benzene rings is 1. The Balaban J connectivity index is 1.86. The summed E-state index contributed by atoms with van der Waals surface area (Å²) in [5.74, 6) is -0.566. The van der Waals surface area contributed by atoms with Gasteiger partial charge in [-0.2, -0.15) is 0 Å². The fourth-order valence-electron chi connectivity index (χ4n) is 2.03. The number of carbonyl (C=O) groups excluding carboxylic acids is 1. The molecule has 1 aromatic carbocycles. The molecule has 8 heteroatoms. The highest BCUT2D eigenvalue weighted by atomic mass is 32.2. The number of carbonyl (C=O) groups is 1. The predicted octanol–water partition coefficient (Wildman–Crippen LogP) is 0.998. The first-order chi connectivity index (χ1) is 10.1. The van der Waals surface area contributed by atoms with E-state index in [0.717, 1.165) is 12.8 Å². The van der Waals surface area contributed by atoms with Crippen LogP contribution >= 0.6 is 0 Å². The van der Waals surface area contributed by atoms with Crippen LogP contribution in [0.15, 0.2) is 29.2 Å². The minimum absolute atomic E-state index is 0.0280. The number of non-ortho nitro benzene ring substituents is 1. The average Bonchev–Trinajstić information content (AvgIpc) is 2.98. The zero-order chi connectivity index (χ0) is 15.2. The summed E-state index contributed by atoms with van der Waals surface area (Å²) in [5, 5.41) is 13.3. The molecule has 21 heavy (non-hydrogen) atoms. The van der Waals surface area contributed by atoms with Gasteiger partial charge in [-0.15, -0.1) is 0 Å². The van der Waals surface area contributed by atoms with E-state index in [1.807, 2.05) is 0 Å². The number of nitrogens with one attached hydrogen (secondary N) is 1. The molecule has 0 saturated carbocycles. The molecule has 2 unspecified atom stereocenters. The van der Waals surface area contributed by atoms with E-state index in [0.29, 0.717) is 13.2 Å². The fraction of sp³-hybridized carbons (Fsp3) is 0.462. The van der Waals surface area contributed by atoms with Crippen molar-refractivity contribution >= 4 is 22.4 Å². The van der Waals surface area contributed by atoms with Gasteiger partial charge in [0.25, 0.3) is 5.69 Å². The number of hydrogen-bond acceptors (Lipinski definition) is 5. The van der Waals surface area contributed by atoms with Crippen LogP contribution in [0, 0.1) is 10.1 Å². The van der Waals surface area contributed by atoms with E-state index in [9.17, 15) is 19.1 Å². The van der Waals surface area contributed by atoms with Crippen molar-refractivity contribution < 1.29 is 18.7 Å². The van der Waals surface area contributed by atoms with Crippen molar-refractivity contribution in [3.63, 3.8) is 0 Å². The molecular weight excluding hydrogens is 296 g/mol. The van der Waals surface area contributed by atoms with Crippen molar-refractivity contribution in [3.05, 3.63) is 34.4 Å². The topological polar surface area (TPSA) is 98.5 Å². The number of rotatable bonds is 6. The Hall–Kier alpha value is -1.80. The van der Waals surface area contributed by atoms with Crippen LogP contribution in [0.25, 0.3) is 0 Å². The highest BCUT2D eigenvalue weighted by molar-refractivity contribution is 7.85.